The monoisotopic (exact) mass is 958 g/mol. The van der Waals surface area contributed by atoms with E-state index in [0.717, 1.165) is 32.0 Å². The molecule has 0 fully saturated rings. The van der Waals surface area contributed by atoms with Crippen molar-refractivity contribution in [2.75, 3.05) is 10.7 Å². The zero-order chi connectivity index (χ0) is 46.9. The normalized spacial score (nSPS) is 10.1. The number of thiol groups is 3. The van der Waals surface area contributed by atoms with Crippen molar-refractivity contribution in [3.8, 4) is 5.75 Å². The van der Waals surface area contributed by atoms with Crippen molar-refractivity contribution < 1.29 is 29.0 Å². The van der Waals surface area contributed by atoms with Crippen LogP contribution in [0.15, 0.2) is 250 Å². The summed E-state index contributed by atoms with van der Waals surface area (Å²) in [5, 5.41) is 14.5. The maximum Gasteiger partial charge on any atom is 1.00 e. The topological polar surface area (TPSA) is 53.3 Å². The SMILES string of the molecule is CCCCCCCS.Sc1ccc(Sc2ccc(S)cc2)cc1.[Li+].[O-]c1cccc2ccc[nH+]c12.c1ccc(N(c2ccccc2)c2ccccc2)cc1.c1ccc2nc3ccccc3cc2c1. The first kappa shape index (κ1) is 53.4. The standard InChI is InChI=1S/C18H15N.C13H9N.C12H10S3.C9H7NO.C7H16S.Li/c1-4-10-16(11-5-1)19(17-12-6-2-7-13-17)18-14-8-3-9-15-18;1-3-7-12-10(5-1)9-11-6-2-4-8-13(11)14-12;13-9-1-5-11(6-2-9)15-12-7-3-10(14)4-8-12;11-8-5-1-3-7-4-2-6-10-9(7)8;1-2-3-4-5-6-7-8;/h1-15H;1-9H;1-8,13-14H;1-6,11H;8H,2-7H2,1H3;/q;;;;;+1. The number of nitrogens with one attached hydrogen (secondary N) is 1. The number of nitrogens with zero attached hydrogens (tertiary/aromatic N) is 2. The number of anilines is 3. The molecule has 9 heteroatoms. The van der Waals surface area contributed by atoms with Gasteiger partial charge in [0.1, 0.15) is 0 Å². The van der Waals surface area contributed by atoms with Crippen LogP contribution in [0.5, 0.6) is 5.75 Å². The van der Waals surface area contributed by atoms with E-state index in [-0.39, 0.29) is 24.6 Å². The van der Waals surface area contributed by atoms with Gasteiger partial charge < -0.3 is 10.0 Å². The number of H-pyrrole nitrogens is 1. The Labute approximate surface area is 435 Å². The van der Waals surface area contributed by atoms with Crippen molar-refractivity contribution in [3.05, 3.63) is 231 Å². The summed E-state index contributed by atoms with van der Waals surface area (Å²) in [7, 11) is 0. The van der Waals surface area contributed by atoms with Crippen LogP contribution in [0.4, 0.5) is 17.1 Å². The van der Waals surface area contributed by atoms with Crippen LogP contribution in [0.1, 0.15) is 39.0 Å². The summed E-state index contributed by atoms with van der Waals surface area (Å²) in [4.78, 5) is 14.2. The molecule has 10 aromatic rings. The van der Waals surface area contributed by atoms with Gasteiger partial charge in [0.25, 0.3) is 0 Å². The van der Waals surface area contributed by atoms with Gasteiger partial charge >= 0.3 is 18.9 Å². The molecule has 0 spiro atoms. The van der Waals surface area contributed by atoms with Crippen LogP contribution in [0.2, 0.25) is 0 Å². The molecule has 0 aliphatic rings. The molecule has 10 rings (SSSR count). The van der Waals surface area contributed by atoms with Crippen LogP contribution >= 0.6 is 49.6 Å². The third kappa shape index (κ3) is 17.5. The van der Waals surface area contributed by atoms with Gasteiger partial charge in [-0.05, 0) is 133 Å². The van der Waals surface area contributed by atoms with E-state index in [1.807, 2.05) is 97.1 Å². The second kappa shape index (κ2) is 30.0. The van der Waals surface area contributed by atoms with E-state index in [2.05, 4.69) is 175 Å². The van der Waals surface area contributed by atoms with Crippen molar-refractivity contribution in [1.29, 1.82) is 0 Å². The summed E-state index contributed by atoms with van der Waals surface area (Å²) in [5.41, 5.74) is 6.30. The molecular formula is C59H57LiN3OS4+. The fraction of sp³-hybridized carbons (Fsp3) is 0.119. The maximum atomic E-state index is 11.1. The van der Waals surface area contributed by atoms with Gasteiger partial charge in [-0.1, -0.05) is 147 Å². The largest absolute Gasteiger partial charge is 1.00 e. The summed E-state index contributed by atoms with van der Waals surface area (Å²) in [6.45, 7) is 2.24. The third-order valence-corrected chi connectivity index (χ3v) is 12.2. The van der Waals surface area contributed by atoms with Gasteiger partial charge in [0.15, 0.2) is 6.20 Å². The molecular weight excluding hydrogens is 902 g/mol. The van der Waals surface area contributed by atoms with Crippen molar-refractivity contribution in [3.63, 3.8) is 0 Å². The predicted molar refractivity (Wildman–Crippen MR) is 294 cm³/mol. The Bertz CT molecular complexity index is 2690. The molecule has 2 aromatic heterocycles. The van der Waals surface area contributed by atoms with Gasteiger partial charge in [-0.15, -0.1) is 25.3 Å². The molecule has 0 saturated carbocycles. The van der Waals surface area contributed by atoms with Crippen LogP contribution in [0, 0.1) is 0 Å². The summed E-state index contributed by atoms with van der Waals surface area (Å²) < 4.78 is 0. The van der Waals surface area contributed by atoms with Crippen molar-refractivity contribution >= 4 is 99.4 Å². The molecule has 0 radical (unpaired) electrons. The molecule has 0 amide bonds. The predicted octanol–water partition coefficient (Wildman–Crippen LogP) is 13.6. The maximum absolute atomic E-state index is 11.1. The summed E-state index contributed by atoms with van der Waals surface area (Å²) in [6.07, 6.45) is 8.56. The molecule has 338 valence electrons. The first-order valence-electron chi connectivity index (χ1n) is 22.5. The smallest absolute Gasteiger partial charge is 0.868 e. The molecule has 2 heterocycles. The number of hydrogen-bond donors (Lipinski definition) is 3. The molecule has 0 unspecified atom stereocenters. The number of aromatic nitrogens is 2. The number of fused-ring (bicyclic) bond motifs is 3. The van der Waals surface area contributed by atoms with E-state index in [0.29, 0.717) is 5.52 Å². The number of pyridine rings is 2. The first-order valence-corrected chi connectivity index (χ1v) is 24.9. The van der Waals surface area contributed by atoms with Gasteiger partial charge in [0.05, 0.1) is 11.0 Å². The first-order chi connectivity index (χ1) is 32.9. The van der Waals surface area contributed by atoms with Gasteiger partial charge in [-0.25, -0.2) is 9.97 Å². The van der Waals surface area contributed by atoms with E-state index in [9.17, 15) is 5.11 Å². The van der Waals surface area contributed by atoms with Crippen LogP contribution in [-0.4, -0.2) is 10.7 Å². The Morgan fingerprint density at radius 3 is 1.37 bits per heavy atom. The second-order valence-corrected chi connectivity index (χ2v) is 18.0. The molecule has 0 saturated heterocycles. The Balaban J connectivity index is 0.000000162. The minimum Gasteiger partial charge on any atom is -0.868 e. The van der Waals surface area contributed by atoms with E-state index < -0.39 is 0 Å². The van der Waals surface area contributed by atoms with E-state index >= 15 is 0 Å². The van der Waals surface area contributed by atoms with Crippen LogP contribution in [0.3, 0.4) is 0 Å². The van der Waals surface area contributed by atoms with Crippen LogP contribution < -0.4 is 33.9 Å². The average Bonchev–Trinajstić information content (AvgIpc) is 3.38. The number of hydrogen-bond acceptors (Lipinski definition) is 7. The molecule has 0 bridgehead atoms. The van der Waals surface area contributed by atoms with E-state index in [1.165, 1.54) is 69.7 Å². The van der Waals surface area contributed by atoms with Crippen molar-refractivity contribution in [1.82, 2.24) is 4.98 Å². The zero-order valence-electron chi connectivity index (χ0n) is 38.7. The molecule has 0 atom stereocenters. The Morgan fingerprint density at radius 2 is 0.912 bits per heavy atom. The van der Waals surface area contributed by atoms with Crippen molar-refractivity contribution in [2.24, 2.45) is 0 Å². The Hall–Kier alpha value is -5.56. The molecule has 4 nitrogen and oxygen atoms in total. The number of aromatic amines is 1. The fourth-order valence-electron chi connectivity index (χ4n) is 6.90. The minimum absolute atomic E-state index is 0. The number of rotatable bonds is 10. The van der Waals surface area contributed by atoms with Gasteiger partial charge in [0, 0.05) is 58.9 Å². The number of benzene rings is 8. The summed E-state index contributed by atoms with van der Waals surface area (Å²) in [5.74, 6) is 1.10. The zero-order valence-corrected chi connectivity index (χ0v) is 42.2. The second-order valence-electron chi connectivity index (χ2n) is 15.3. The molecule has 8 aromatic carbocycles. The van der Waals surface area contributed by atoms with Crippen molar-refractivity contribution in [2.45, 2.75) is 58.6 Å². The minimum atomic E-state index is 0. The van der Waals surface area contributed by atoms with Gasteiger partial charge in [-0.3, -0.25) is 0 Å². The fourth-order valence-corrected chi connectivity index (χ4v) is 8.24. The molecule has 1 N–H and O–H groups in total. The van der Waals surface area contributed by atoms with Gasteiger partial charge in [0.2, 0.25) is 5.52 Å². The van der Waals surface area contributed by atoms with Gasteiger partial charge in [-0.2, -0.15) is 12.6 Å². The number of para-hydroxylation sites is 6. The average molecular weight is 959 g/mol. The van der Waals surface area contributed by atoms with E-state index in [4.69, 9.17) is 0 Å². The summed E-state index contributed by atoms with van der Waals surface area (Å²) >= 11 is 14.4. The summed E-state index contributed by atoms with van der Waals surface area (Å²) in [6, 6.07) is 75.1. The molecule has 0 aliphatic carbocycles. The quantitative estimate of drug-likeness (QED) is 0.0553. The van der Waals surface area contributed by atoms with E-state index in [1.54, 1.807) is 30.1 Å². The molecule has 0 aliphatic heterocycles. The number of unbranched alkanes of at least 4 members (excludes halogenated alkanes) is 4. The van der Waals surface area contributed by atoms with Crippen LogP contribution in [0.25, 0.3) is 32.7 Å². The Morgan fingerprint density at radius 1 is 0.485 bits per heavy atom. The van der Waals surface area contributed by atoms with Crippen LogP contribution in [-0.2, 0) is 0 Å². The Kier molecular flexibility index (Phi) is 23.6. The molecule has 68 heavy (non-hydrogen) atoms. The third-order valence-electron chi connectivity index (χ3n) is 10.3.